The molecule has 2 saturated heterocycles. The van der Waals surface area contributed by atoms with Gasteiger partial charge in [0.2, 0.25) is 5.91 Å². The van der Waals surface area contributed by atoms with Crippen LogP contribution in [0.3, 0.4) is 0 Å². The van der Waals surface area contributed by atoms with Gasteiger partial charge in [-0.25, -0.2) is 0 Å². The Hall–Kier alpha value is -0.650. The van der Waals surface area contributed by atoms with E-state index >= 15 is 0 Å². The molecule has 2 rings (SSSR count). The summed E-state index contributed by atoms with van der Waals surface area (Å²) in [5.41, 5.74) is 5.56. The minimum atomic E-state index is 0.321. The lowest BCUT2D eigenvalue weighted by atomic mass is 10.1. The Labute approximate surface area is 110 Å². The van der Waals surface area contributed by atoms with Crippen LogP contribution >= 0.6 is 0 Å². The second-order valence-electron chi connectivity index (χ2n) is 5.35. The van der Waals surface area contributed by atoms with Crippen molar-refractivity contribution in [1.29, 1.82) is 0 Å². The van der Waals surface area contributed by atoms with Crippen LogP contribution in [0.5, 0.6) is 0 Å². The maximum Gasteiger partial charge on any atom is 0.236 e. The van der Waals surface area contributed by atoms with Gasteiger partial charge in [0.25, 0.3) is 0 Å². The zero-order chi connectivity index (χ0) is 12.8. The molecule has 2 N–H and O–H groups in total. The van der Waals surface area contributed by atoms with Gasteiger partial charge in [0.15, 0.2) is 0 Å². The number of carbonyl (C=O) groups excluding carboxylic acids is 1. The van der Waals surface area contributed by atoms with Gasteiger partial charge in [-0.15, -0.1) is 0 Å². The Morgan fingerprint density at radius 2 is 1.50 bits per heavy atom. The van der Waals surface area contributed by atoms with Crippen molar-refractivity contribution in [2.45, 2.75) is 19.3 Å². The monoisotopic (exact) mass is 254 g/mol. The molecule has 5 nitrogen and oxygen atoms in total. The number of piperazine rings is 1. The molecule has 1 amide bonds. The summed E-state index contributed by atoms with van der Waals surface area (Å²) in [6.45, 7) is 8.34. The summed E-state index contributed by atoms with van der Waals surface area (Å²) >= 11 is 0. The molecular formula is C13H26N4O. The fourth-order valence-corrected chi connectivity index (χ4v) is 2.79. The summed E-state index contributed by atoms with van der Waals surface area (Å²) < 4.78 is 0. The summed E-state index contributed by atoms with van der Waals surface area (Å²) in [6, 6.07) is 0. The zero-order valence-corrected chi connectivity index (χ0v) is 11.3. The van der Waals surface area contributed by atoms with Crippen LogP contribution in [0.4, 0.5) is 0 Å². The molecule has 2 fully saturated rings. The largest absolute Gasteiger partial charge is 0.342 e. The first kappa shape index (κ1) is 13.8. The quantitative estimate of drug-likeness (QED) is 0.740. The second kappa shape index (κ2) is 7.07. The Morgan fingerprint density at radius 3 is 2.11 bits per heavy atom. The summed E-state index contributed by atoms with van der Waals surface area (Å²) in [5.74, 6) is 0.321. The van der Waals surface area contributed by atoms with E-state index in [1.165, 1.54) is 19.3 Å². The van der Waals surface area contributed by atoms with E-state index in [1.807, 2.05) is 4.90 Å². The smallest absolute Gasteiger partial charge is 0.236 e. The maximum atomic E-state index is 12.1. The zero-order valence-electron chi connectivity index (χ0n) is 11.3. The summed E-state index contributed by atoms with van der Waals surface area (Å²) in [5, 5.41) is 0. The molecule has 104 valence electrons. The minimum Gasteiger partial charge on any atom is -0.342 e. The molecule has 5 heteroatoms. The molecule has 0 saturated carbocycles. The highest BCUT2D eigenvalue weighted by Crippen LogP contribution is 2.10. The Kier molecular flexibility index (Phi) is 5.41. The first-order valence-corrected chi connectivity index (χ1v) is 7.22. The highest BCUT2D eigenvalue weighted by atomic mass is 16.2. The molecule has 0 aromatic heterocycles. The van der Waals surface area contributed by atoms with Crippen molar-refractivity contribution in [2.75, 3.05) is 58.9 Å². The van der Waals surface area contributed by atoms with Gasteiger partial charge in [0, 0.05) is 52.4 Å². The van der Waals surface area contributed by atoms with E-state index in [0.717, 1.165) is 52.4 Å². The molecule has 0 aliphatic carbocycles. The number of rotatable bonds is 4. The molecule has 18 heavy (non-hydrogen) atoms. The van der Waals surface area contributed by atoms with Gasteiger partial charge in [-0.1, -0.05) is 0 Å². The number of piperidine rings is 1. The Morgan fingerprint density at radius 1 is 0.889 bits per heavy atom. The number of amides is 1. The van der Waals surface area contributed by atoms with Crippen LogP contribution in [-0.4, -0.2) is 79.5 Å². The van der Waals surface area contributed by atoms with E-state index in [0.29, 0.717) is 12.5 Å². The number of hydrogen-bond donors (Lipinski definition) is 1. The van der Waals surface area contributed by atoms with Gasteiger partial charge < -0.3 is 10.6 Å². The van der Waals surface area contributed by atoms with Crippen LogP contribution in [0, 0.1) is 0 Å². The topological polar surface area (TPSA) is 52.8 Å². The molecule has 0 atom stereocenters. The lowest BCUT2D eigenvalue weighted by molar-refractivity contribution is -0.133. The number of nitrogens with zero attached hydrogens (tertiary/aromatic N) is 3. The van der Waals surface area contributed by atoms with Gasteiger partial charge in [-0.3, -0.25) is 14.6 Å². The maximum absolute atomic E-state index is 12.1. The van der Waals surface area contributed by atoms with E-state index in [1.54, 1.807) is 0 Å². The van der Waals surface area contributed by atoms with Crippen molar-refractivity contribution in [2.24, 2.45) is 5.73 Å². The molecule has 0 radical (unpaired) electrons. The van der Waals surface area contributed by atoms with E-state index in [4.69, 9.17) is 5.73 Å². The molecule has 2 heterocycles. The number of carbonyl (C=O) groups is 1. The van der Waals surface area contributed by atoms with Crippen LogP contribution in [0.15, 0.2) is 0 Å². The Bertz CT molecular complexity index is 258. The van der Waals surface area contributed by atoms with E-state index in [-0.39, 0.29) is 0 Å². The van der Waals surface area contributed by atoms with Crippen molar-refractivity contribution in [3.63, 3.8) is 0 Å². The predicted molar refractivity (Wildman–Crippen MR) is 72.4 cm³/mol. The lowest BCUT2D eigenvalue weighted by Crippen LogP contribution is -2.51. The van der Waals surface area contributed by atoms with Crippen molar-refractivity contribution >= 4 is 5.91 Å². The van der Waals surface area contributed by atoms with Crippen LogP contribution < -0.4 is 5.73 Å². The molecule has 0 unspecified atom stereocenters. The third-order valence-electron chi connectivity index (χ3n) is 3.98. The fraction of sp³-hybridized carbons (Fsp3) is 0.923. The molecule has 2 aliphatic rings. The van der Waals surface area contributed by atoms with Crippen LogP contribution in [0.2, 0.25) is 0 Å². The lowest BCUT2D eigenvalue weighted by Gasteiger charge is -2.35. The first-order chi connectivity index (χ1) is 8.79. The van der Waals surface area contributed by atoms with Crippen molar-refractivity contribution < 1.29 is 4.79 Å². The second-order valence-corrected chi connectivity index (χ2v) is 5.35. The van der Waals surface area contributed by atoms with Crippen molar-refractivity contribution in [3.8, 4) is 0 Å². The van der Waals surface area contributed by atoms with E-state index < -0.39 is 0 Å². The standard InChI is InChI=1S/C13H26N4O/c14-4-7-15-8-10-16(11-9-15)12-13(18)17-5-2-1-3-6-17/h1-12,14H2. The number of nitrogens with two attached hydrogens (primary N) is 1. The molecular weight excluding hydrogens is 228 g/mol. The highest BCUT2D eigenvalue weighted by Gasteiger charge is 2.22. The fourth-order valence-electron chi connectivity index (χ4n) is 2.79. The van der Waals surface area contributed by atoms with Crippen LogP contribution in [-0.2, 0) is 4.79 Å². The molecule has 0 spiro atoms. The van der Waals surface area contributed by atoms with Gasteiger partial charge in [0.05, 0.1) is 6.54 Å². The third kappa shape index (κ3) is 3.93. The Balaban J connectivity index is 1.68. The molecule has 0 bridgehead atoms. The van der Waals surface area contributed by atoms with E-state index in [2.05, 4.69) is 9.80 Å². The van der Waals surface area contributed by atoms with Gasteiger partial charge in [-0.05, 0) is 19.3 Å². The van der Waals surface area contributed by atoms with E-state index in [9.17, 15) is 4.79 Å². The summed E-state index contributed by atoms with van der Waals surface area (Å²) in [4.78, 5) is 18.8. The van der Waals surface area contributed by atoms with Crippen LogP contribution in [0.25, 0.3) is 0 Å². The third-order valence-corrected chi connectivity index (χ3v) is 3.98. The van der Waals surface area contributed by atoms with Gasteiger partial charge >= 0.3 is 0 Å². The normalized spacial score (nSPS) is 23.3. The highest BCUT2D eigenvalue weighted by molar-refractivity contribution is 5.78. The average molecular weight is 254 g/mol. The molecule has 0 aromatic carbocycles. The summed E-state index contributed by atoms with van der Waals surface area (Å²) in [7, 11) is 0. The van der Waals surface area contributed by atoms with Gasteiger partial charge in [0.1, 0.15) is 0 Å². The van der Waals surface area contributed by atoms with Gasteiger partial charge in [-0.2, -0.15) is 0 Å². The average Bonchev–Trinajstić information content (AvgIpc) is 2.42. The number of hydrogen-bond acceptors (Lipinski definition) is 4. The summed E-state index contributed by atoms with van der Waals surface area (Å²) in [6.07, 6.45) is 3.63. The SMILES string of the molecule is NCCN1CCN(CC(=O)N2CCCCC2)CC1. The van der Waals surface area contributed by atoms with Crippen molar-refractivity contribution in [1.82, 2.24) is 14.7 Å². The van der Waals surface area contributed by atoms with Crippen molar-refractivity contribution in [3.05, 3.63) is 0 Å². The first-order valence-electron chi connectivity index (χ1n) is 7.22. The molecule has 2 aliphatic heterocycles. The minimum absolute atomic E-state index is 0.321. The van der Waals surface area contributed by atoms with Crippen LogP contribution in [0.1, 0.15) is 19.3 Å². The molecule has 0 aromatic rings. The number of likely N-dealkylation sites (tertiary alicyclic amines) is 1. The predicted octanol–water partition coefficient (Wildman–Crippen LogP) is -0.425.